The highest BCUT2D eigenvalue weighted by Crippen LogP contribution is 2.42. The van der Waals surface area contributed by atoms with Crippen LogP contribution < -0.4 is 0 Å². The van der Waals surface area contributed by atoms with Crippen molar-refractivity contribution in [3.8, 4) is 11.1 Å². The fraction of sp³-hybridized carbons (Fsp3) is 0.0769. The summed E-state index contributed by atoms with van der Waals surface area (Å²) >= 11 is 0. The van der Waals surface area contributed by atoms with Crippen molar-refractivity contribution < 1.29 is 4.21 Å². The van der Waals surface area contributed by atoms with Gasteiger partial charge in [-0.05, 0) is 70.5 Å². The summed E-state index contributed by atoms with van der Waals surface area (Å²) in [5.74, 6) is 0. The van der Waals surface area contributed by atoms with Gasteiger partial charge in [-0.2, -0.15) is 0 Å². The summed E-state index contributed by atoms with van der Waals surface area (Å²) in [7, 11) is -1.08. The minimum Gasteiger partial charge on any atom is -0.249 e. The van der Waals surface area contributed by atoms with Gasteiger partial charge < -0.3 is 0 Å². The van der Waals surface area contributed by atoms with Gasteiger partial charge in [0, 0.05) is 0 Å². The fourth-order valence-corrected chi connectivity index (χ4v) is 5.26. The number of hydrogen-bond acceptors (Lipinski definition) is 1. The van der Waals surface area contributed by atoms with E-state index < -0.39 is 10.8 Å². The van der Waals surface area contributed by atoms with Gasteiger partial charge in [0.25, 0.3) is 0 Å². The van der Waals surface area contributed by atoms with Crippen LogP contribution in [0.25, 0.3) is 11.1 Å². The SMILES string of the molecule is O=S1c2ccc(Cc3ccccc3)cc2-c2cc(Cc3ccccc3)ccc21. The van der Waals surface area contributed by atoms with Crippen LogP contribution in [-0.2, 0) is 23.6 Å². The van der Waals surface area contributed by atoms with Gasteiger partial charge in [-0.1, -0.05) is 72.8 Å². The van der Waals surface area contributed by atoms with E-state index in [9.17, 15) is 4.21 Å². The molecule has 2 heteroatoms. The second-order valence-corrected chi connectivity index (χ2v) is 8.67. The van der Waals surface area contributed by atoms with Crippen LogP contribution in [0.15, 0.2) is 107 Å². The van der Waals surface area contributed by atoms with Gasteiger partial charge in [0.1, 0.15) is 0 Å². The molecule has 0 aliphatic carbocycles. The van der Waals surface area contributed by atoms with Crippen LogP contribution in [-0.4, -0.2) is 4.21 Å². The van der Waals surface area contributed by atoms with E-state index in [0.717, 1.165) is 33.8 Å². The van der Waals surface area contributed by atoms with Crippen LogP contribution in [0.4, 0.5) is 0 Å². The molecule has 1 nitrogen and oxygen atoms in total. The molecule has 0 N–H and O–H groups in total. The first kappa shape index (κ1) is 17.2. The fourth-order valence-electron chi connectivity index (χ4n) is 3.90. The predicted molar refractivity (Wildman–Crippen MR) is 115 cm³/mol. The maximum absolute atomic E-state index is 12.9. The lowest BCUT2D eigenvalue weighted by Gasteiger charge is -2.07. The zero-order valence-electron chi connectivity index (χ0n) is 15.5. The van der Waals surface area contributed by atoms with Crippen molar-refractivity contribution in [3.05, 3.63) is 119 Å². The van der Waals surface area contributed by atoms with E-state index >= 15 is 0 Å². The molecule has 0 fully saturated rings. The smallest absolute Gasteiger partial charge is 0.0862 e. The van der Waals surface area contributed by atoms with E-state index in [1.165, 1.54) is 22.3 Å². The molecule has 5 rings (SSSR count). The normalized spacial score (nSPS) is 12.6. The maximum Gasteiger partial charge on any atom is 0.0862 e. The van der Waals surface area contributed by atoms with Crippen LogP contribution in [0, 0.1) is 0 Å². The molecule has 1 aliphatic heterocycles. The van der Waals surface area contributed by atoms with Crippen molar-refractivity contribution >= 4 is 10.8 Å². The Morgan fingerprint density at radius 2 is 0.929 bits per heavy atom. The lowest BCUT2D eigenvalue weighted by Crippen LogP contribution is -1.90. The molecule has 1 heterocycles. The highest BCUT2D eigenvalue weighted by molar-refractivity contribution is 7.85. The first-order chi connectivity index (χ1) is 13.8. The van der Waals surface area contributed by atoms with Crippen molar-refractivity contribution in [1.29, 1.82) is 0 Å². The van der Waals surface area contributed by atoms with Crippen molar-refractivity contribution in [2.24, 2.45) is 0 Å². The molecule has 0 saturated heterocycles. The topological polar surface area (TPSA) is 17.1 Å². The molecule has 28 heavy (non-hydrogen) atoms. The summed E-state index contributed by atoms with van der Waals surface area (Å²) in [5.41, 5.74) is 7.33. The van der Waals surface area contributed by atoms with Gasteiger partial charge in [-0.15, -0.1) is 0 Å². The van der Waals surface area contributed by atoms with Gasteiger partial charge in [0.05, 0.1) is 20.6 Å². The molecule has 0 amide bonds. The first-order valence-corrected chi connectivity index (χ1v) is 10.7. The minimum absolute atomic E-state index is 0.889. The third-order valence-electron chi connectivity index (χ3n) is 5.28. The Kier molecular flexibility index (Phi) is 4.42. The molecule has 0 saturated carbocycles. The second kappa shape index (κ2) is 7.21. The van der Waals surface area contributed by atoms with Crippen molar-refractivity contribution in [1.82, 2.24) is 0 Å². The largest absolute Gasteiger partial charge is 0.249 e. The average molecular weight is 381 g/mol. The number of fused-ring (bicyclic) bond motifs is 3. The number of rotatable bonds is 4. The molecule has 0 unspecified atom stereocenters. The summed E-state index contributed by atoms with van der Waals surface area (Å²) in [6, 6.07) is 33.7. The zero-order chi connectivity index (χ0) is 18.9. The summed E-state index contributed by atoms with van der Waals surface area (Å²) in [4.78, 5) is 1.87. The van der Waals surface area contributed by atoms with Crippen LogP contribution >= 0.6 is 0 Å². The van der Waals surface area contributed by atoms with Crippen molar-refractivity contribution in [2.75, 3.05) is 0 Å². The summed E-state index contributed by atoms with van der Waals surface area (Å²) < 4.78 is 12.9. The van der Waals surface area contributed by atoms with Crippen LogP contribution in [0.1, 0.15) is 22.3 Å². The first-order valence-electron chi connectivity index (χ1n) is 9.54. The Morgan fingerprint density at radius 1 is 0.500 bits per heavy atom. The van der Waals surface area contributed by atoms with Crippen molar-refractivity contribution in [3.63, 3.8) is 0 Å². The molecule has 0 bridgehead atoms. The summed E-state index contributed by atoms with van der Waals surface area (Å²) in [6.07, 6.45) is 1.78. The highest BCUT2D eigenvalue weighted by atomic mass is 32.2. The molecule has 0 atom stereocenters. The Bertz CT molecular complexity index is 1070. The van der Waals surface area contributed by atoms with Crippen molar-refractivity contribution in [2.45, 2.75) is 22.6 Å². The molecular weight excluding hydrogens is 360 g/mol. The van der Waals surface area contributed by atoms with E-state index in [-0.39, 0.29) is 0 Å². The Balaban J connectivity index is 1.51. The Hall–Kier alpha value is -2.97. The molecule has 4 aromatic carbocycles. The van der Waals surface area contributed by atoms with Gasteiger partial charge in [0.15, 0.2) is 0 Å². The zero-order valence-corrected chi connectivity index (χ0v) is 16.3. The maximum atomic E-state index is 12.9. The van der Waals surface area contributed by atoms with Crippen LogP contribution in [0.3, 0.4) is 0 Å². The Morgan fingerprint density at radius 3 is 1.36 bits per heavy atom. The van der Waals surface area contributed by atoms with Gasteiger partial charge in [-0.3, -0.25) is 0 Å². The average Bonchev–Trinajstić information content (AvgIpc) is 3.01. The number of hydrogen-bond donors (Lipinski definition) is 0. The Labute approximate surface area is 168 Å². The third-order valence-corrected chi connectivity index (χ3v) is 6.79. The van der Waals surface area contributed by atoms with Gasteiger partial charge in [0.2, 0.25) is 0 Å². The minimum atomic E-state index is -1.08. The quantitative estimate of drug-likeness (QED) is 0.373. The number of benzene rings is 4. The van der Waals surface area contributed by atoms with Gasteiger partial charge >= 0.3 is 0 Å². The van der Waals surface area contributed by atoms with E-state index in [4.69, 9.17) is 0 Å². The molecule has 4 aromatic rings. The molecule has 136 valence electrons. The molecule has 0 spiro atoms. The van der Waals surface area contributed by atoms with Gasteiger partial charge in [-0.25, -0.2) is 4.21 Å². The molecular formula is C26H20OS. The summed E-state index contributed by atoms with van der Waals surface area (Å²) in [5, 5.41) is 0. The third kappa shape index (κ3) is 3.21. The standard InChI is InChI=1S/C26H20OS/c27-28-25-13-11-21(15-19-7-3-1-4-8-19)17-23(25)24-18-22(12-14-26(24)28)16-20-9-5-2-6-10-20/h1-14,17-18H,15-16H2. The highest BCUT2D eigenvalue weighted by Gasteiger charge is 2.26. The lowest BCUT2D eigenvalue weighted by molar-refractivity contribution is 0.685. The van der Waals surface area contributed by atoms with Crippen LogP contribution in [0.5, 0.6) is 0 Å². The van der Waals surface area contributed by atoms with E-state index in [0.29, 0.717) is 0 Å². The molecule has 0 radical (unpaired) electrons. The van der Waals surface area contributed by atoms with E-state index in [2.05, 4.69) is 72.8 Å². The second-order valence-electron chi connectivity index (χ2n) is 7.25. The van der Waals surface area contributed by atoms with E-state index in [1.54, 1.807) is 0 Å². The van der Waals surface area contributed by atoms with Crippen LogP contribution in [0.2, 0.25) is 0 Å². The monoisotopic (exact) mass is 380 g/mol. The molecule has 0 aromatic heterocycles. The van der Waals surface area contributed by atoms with E-state index in [1.807, 2.05) is 24.3 Å². The predicted octanol–water partition coefficient (Wildman–Crippen LogP) is 6.02. The lowest BCUT2D eigenvalue weighted by atomic mass is 9.96. The molecule has 1 aliphatic rings. The summed E-state index contributed by atoms with van der Waals surface area (Å²) in [6.45, 7) is 0.